The lowest BCUT2D eigenvalue weighted by molar-refractivity contribution is -0.909. The molecule has 0 bridgehead atoms. The average Bonchev–Trinajstić information content (AvgIpc) is 2.69. The van der Waals surface area contributed by atoms with E-state index in [9.17, 15) is 4.79 Å². The zero-order valence-electron chi connectivity index (χ0n) is 15.5. The zero-order valence-corrected chi connectivity index (χ0v) is 16.3. The molecule has 1 amide bonds. The normalized spacial score (nSPS) is 15.9. The maximum absolute atomic E-state index is 12.5. The van der Waals surface area contributed by atoms with Crippen LogP contribution in [0.5, 0.6) is 5.75 Å². The summed E-state index contributed by atoms with van der Waals surface area (Å²) in [6.45, 7) is 6.15. The number of rotatable bonds is 7. The molecule has 0 spiro atoms. The zero-order chi connectivity index (χ0) is 19.1. The molecule has 2 aromatic rings. The molecular formula is C21H26ClN2O3+. The van der Waals surface area contributed by atoms with Gasteiger partial charge in [0, 0.05) is 0 Å². The molecule has 0 saturated carbocycles. The molecule has 144 valence electrons. The van der Waals surface area contributed by atoms with Gasteiger partial charge in [0.1, 0.15) is 31.4 Å². The Balaban J connectivity index is 1.62. The molecule has 0 radical (unpaired) electrons. The predicted octanol–water partition coefficient (Wildman–Crippen LogP) is 1.80. The number of hydrogen-bond donors (Lipinski definition) is 2. The van der Waals surface area contributed by atoms with Crippen molar-refractivity contribution in [2.45, 2.75) is 13.0 Å². The summed E-state index contributed by atoms with van der Waals surface area (Å²) in [5.74, 6) is 0.371. The van der Waals surface area contributed by atoms with Gasteiger partial charge in [-0.15, -0.1) is 0 Å². The second-order valence-electron chi connectivity index (χ2n) is 6.82. The van der Waals surface area contributed by atoms with E-state index < -0.39 is 0 Å². The van der Waals surface area contributed by atoms with E-state index in [4.69, 9.17) is 21.1 Å². The van der Waals surface area contributed by atoms with E-state index in [2.05, 4.69) is 5.32 Å². The van der Waals surface area contributed by atoms with Crippen LogP contribution in [-0.4, -0.2) is 45.4 Å². The first-order valence-electron chi connectivity index (χ1n) is 9.26. The molecule has 27 heavy (non-hydrogen) atoms. The molecule has 6 heteroatoms. The van der Waals surface area contributed by atoms with E-state index in [0.717, 1.165) is 44.0 Å². The fourth-order valence-electron chi connectivity index (χ4n) is 3.19. The second-order valence-corrected chi connectivity index (χ2v) is 7.23. The molecule has 0 aromatic heterocycles. The highest BCUT2D eigenvalue weighted by molar-refractivity contribution is 6.32. The Hall–Kier alpha value is -2.08. The van der Waals surface area contributed by atoms with Crippen molar-refractivity contribution in [3.8, 4) is 5.75 Å². The third-order valence-electron chi connectivity index (χ3n) is 4.68. The number of aryl methyl sites for hydroxylation is 1. The molecule has 1 atom stereocenters. The van der Waals surface area contributed by atoms with Crippen molar-refractivity contribution in [3.63, 3.8) is 0 Å². The Morgan fingerprint density at radius 1 is 1.22 bits per heavy atom. The molecule has 2 aromatic carbocycles. The largest absolute Gasteiger partial charge is 0.482 e. The lowest BCUT2D eigenvalue weighted by Crippen LogP contribution is -3.14. The van der Waals surface area contributed by atoms with Crippen LogP contribution in [0.4, 0.5) is 0 Å². The van der Waals surface area contributed by atoms with E-state index in [1.165, 1.54) is 4.90 Å². The van der Waals surface area contributed by atoms with Crippen LogP contribution in [0, 0.1) is 6.92 Å². The highest BCUT2D eigenvalue weighted by Gasteiger charge is 2.23. The lowest BCUT2D eigenvalue weighted by atomic mass is 10.1. The number of quaternary nitrogens is 1. The summed E-state index contributed by atoms with van der Waals surface area (Å²) >= 11 is 6.14. The van der Waals surface area contributed by atoms with Crippen LogP contribution in [-0.2, 0) is 9.53 Å². The number of hydrogen-bond acceptors (Lipinski definition) is 3. The smallest absolute Gasteiger partial charge is 0.258 e. The first kappa shape index (κ1) is 19.7. The topological polar surface area (TPSA) is 52.0 Å². The standard InChI is InChI=1S/C21H25ClN2O3/c1-16-7-8-18(22)20(13-16)27-15-21(25)23-19(17-5-3-2-4-6-17)14-24-9-11-26-12-10-24/h2-8,13,19H,9-12,14-15H2,1H3,(H,23,25)/p+1/t19-/m1/s1. The summed E-state index contributed by atoms with van der Waals surface area (Å²) < 4.78 is 11.1. The number of halogens is 1. The summed E-state index contributed by atoms with van der Waals surface area (Å²) in [5.41, 5.74) is 2.13. The minimum atomic E-state index is -0.158. The fraction of sp³-hybridized carbons (Fsp3) is 0.381. The van der Waals surface area contributed by atoms with Crippen LogP contribution in [0.25, 0.3) is 0 Å². The Kier molecular flexibility index (Phi) is 7.10. The number of carbonyl (C=O) groups excluding carboxylic acids is 1. The SMILES string of the molecule is Cc1ccc(Cl)c(OCC(=O)N[C@H](C[NH+]2CCOCC2)c2ccccc2)c1. The fourth-order valence-corrected chi connectivity index (χ4v) is 3.36. The Morgan fingerprint density at radius 2 is 1.96 bits per heavy atom. The number of morpholine rings is 1. The molecule has 0 aliphatic carbocycles. The number of ether oxygens (including phenoxy) is 2. The van der Waals surface area contributed by atoms with E-state index >= 15 is 0 Å². The van der Waals surface area contributed by atoms with Gasteiger partial charge in [-0.2, -0.15) is 0 Å². The van der Waals surface area contributed by atoms with E-state index in [1.807, 2.05) is 49.4 Å². The summed E-state index contributed by atoms with van der Waals surface area (Å²) in [7, 11) is 0. The number of nitrogens with one attached hydrogen (secondary N) is 2. The molecule has 3 rings (SSSR count). The van der Waals surface area contributed by atoms with Crippen molar-refractivity contribution in [1.82, 2.24) is 5.32 Å². The molecule has 1 saturated heterocycles. The van der Waals surface area contributed by atoms with Crippen molar-refractivity contribution in [2.24, 2.45) is 0 Å². The van der Waals surface area contributed by atoms with Gasteiger partial charge in [0.25, 0.3) is 5.91 Å². The molecule has 2 N–H and O–H groups in total. The van der Waals surface area contributed by atoms with Crippen LogP contribution in [0.3, 0.4) is 0 Å². The van der Waals surface area contributed by atoms with Crippen LogP contribution in [0.15, 0.2) is 48.5 Å². The third kappa shape index (κ3) is 5.96. The quantitative estimate of drug-likeness (QED) is 0.759. The molecule has 1 heterocycles. The molecule has 1 aliphatic rings. The van der Waals surface area contributed by atoms with E-state index in [-0.39, 0.29) is 18.6 Å². The molecule has 0 unspecified atom stereocenters. The molecule has 1 aliphatic heterocycles. The number of carbonyl (C=O) groups is 1. The van der Waals surface area contributed by atoms with Gasteiger partial charge in [-0.3, -0.25) is 4.79 Å². The monoisotopic (exact) mass is 389 g/mol. The lowest BCUT2D eigenvalue weighted by Gasteiger charge is -2.28. The number of amides is 1. The summed E-state index contributed by atoms with van der Waals surface area (Å²) in [5, 5.41) is 3.62. The maximum Gasteiger partial charge on any atom is 0.258 e. The first-order chi connectivity index (χ1) is 13.1. The summed E-state index contributed by atoms with van der Waals surface area (Å²) in [6, 6.07) is 15.5. The molecular weight excluding hydrogens is 364 g/mol. The first-order valence-corrected chi connectivity index (χ1v) is 9.64. The highest BCUT2D eigenvalue weighted by Crippen LogP contribution is 2.25. The van der Waals surface area contributed by atoms with Crippen molar-refractivity contribution < 1.29 is 19.2 Å². The summed E-state index contributed by atoms with van der Waals surface area (Å²) in [6.07, 6.45) is 0. The van der Waals surface area contributed by atoms with E-state index in [1.54, 1.807) is 6.07 Å². The van der Waals surface area contributed by atoms with E-state index in [0.29, 0.717) is 10.8 Å². The van der Waals surface area contributed by atoms with Gasteiger partial charge in [0.05, 0.1) is 18.2 Å². The summed E-state index contributed by atoms with van der Waals surface area (Å²) in [4.78, 5) is 14.0. The minimum absolute atomic E-state index is 0.0645. The molecule has 5 nitrogen and oxygen atoms in total. The minimum Gasteiger partial charge on any atom is -0.482 e. The van der Waals surface area contributed by atoms with Gasteiger partial charge >= 0.3 is 0 Å². The van der Waals surface area contributed by atoms with Crippen LogP contribution >= 0.6 is 11.6 Å². The third-order valence-corrected chi connectivity index (χ3v) is 4.99. The maximum atomic E-state index is 12.5. The van der Waals surface area contributed by atoms with Crippen molar-refractivity contribution in [1.29, 1.82) is 0 Å². The van der Waals surface area contributed by atoms with Crippen LogP contribution in [0.1, 0.15) is 17.2 Å². The Labute approximate surface area is 165 Å². The highest BCUT2D eigenvalue weighted by atomic mass is 35.5. The predicted molar refractivity (Wildman–Crippen MR) is 105 cm³/mol. The average molecular weight is 390 g/mol. The Bertz CT molecular complexity index is 748. The Morgan fingerprint density at radius 3 is 2.70 bits per heavy atom. The van der Waals surface area contributed by atoms with Gasteiger partial charge in [-0.05, 0) is 30.2 Å². The van der Waals surface area contributed by atoms with Gasteiger partial charge in [-0.1, -0.05) is 48.0 Å². The second kappa shape index (κ2) is 9.74. The van der Waals surface area contributed by atoms with Crippen molar-refractivity contribution in [2.75, 3.05) is 39.5 Å². The van der Waals surface area contributed by atoms with Crippen molar-refractivity contribution >= 4 is 17.5 Å². The van der Waals surface area contributed by atoms with Gasteiger partial charge in [-0.25, -0.2) is 0 Å². The van der Waals surface area contributed by atoms with Crippen LogP contribution in [0.2, 0.25) is 5.02 Å². The number of benzene rings is 2. The van der Waals surface area contributed by atoms with Crippen LogP contribution < -0.4 is 15.0 Å². The van der Waals surface area contributed by atoms with Gasteiger partial charge in [0.15, 0.2) is 6.61 Å². The van der Waals surface area contributed by atoms with Crippen molar-refractivity contribution in [3.05, 3.63) is 64.7 Å². The van der Waals surface area contributed by atoms with Gasteiger partial charge in [0.2, 0.25) is 0 Å². The molecule has 1 fully saturated rings. The van der Waals surface area contributed by atoms with Gasteiger partial charge < -0.3 is 19.7 Å².